The van der Waals surface area contributed by atoms with Gasteiger partial charge < -0.3 is 10.1 Å². The Labute approximate surface area is 180 Å². The quantitative estimate of drug-likeness (QED) is 0.539. The number of benzene rings is 3. The third-order valence-corrected chi connectivity index (χ3v) is 5.65. The van der Waals surface area contributed by atoms with E-state index in [4.69, 9.17) is 16.3 Å². The van der Waals surface area contributed by atoms with Gasteiger partial charge in [0.25, 0.3) is 5.91 Å². The Morgan fingerprint density at radius 3 is 2.27 bits per heavy atom. The molecule has 0 spiro atoms. The highest BCUT2D eigenvalue weighted by atomic mass is 35.5. The second-order valence-electron chi connectivity index (χ2n) is 7.53. The molecule has 1 fully saturated rings. The van der Waals surface area contributed by atoms with E-state index in [-0.39, 0.29) is 18.5 Å². The van der Waals surface area contributed by atoms with Gasteiger partial charge in [-0.25, -0.2) is 0 Å². The maximum atomic E-state index is 12.6. The third kappa shape index (κ3) is 4.55. The molecule has 5 heteroatoms. The van der Waals surface area contributed by atoms with Crippen LogP contribution in [0.2, 0.25) is 5.02 Å². The summed E-state index contributed by atoms with van der Waals surface area (Å²) < 4.78 is 5.36. The predicted octanol–water partition coefficient (Wildman–Crippen LogP) is 5.14. The summed E-state index contributed by atoms with van der Waals surface area (Å²) >= 11 is 5.94. The number of para-hydroxylation sites is 1. The van der Waals surface area contributed by atoms with Crippen LogP contribution in [0.1, 0.15) is 29.5 Å². The van der Waals surface area contributed by atoms with E-state index in [9.17, 15) is 9.59 Å². The van der Waals surface area contributed by atoms with Crippen molar-refractivity contribution in [2.45, 2.75) is 24.7 Å². The van der Waals surface area contributed by atoms with E-state index in [2.05, 4.69) is 5.32 Å². The van der Waals surface area contributed by atoms with Crippen molar-refractivity contribution in [3.8, 4) is 0 Å². The molecule has 3 aromatic rings. The molecular weight excluding hydrogens is 398 g/mol. The van der Waals surface area contributed by atoms with E-state index < -0.39 is 5.41 Å². The van der Waals surface area contributed by atoms with Gasteiger partial charge in [0.15, 0.2) is 6.61 Å². The number of amides is 1. The van der Waals surface area contributed by atoms with Crippen molar-refractivity contribution in [3.63, 3.8) is 0 Å². The van der Waals surface area contributed by atoms with Crippen LogP contribution in [-0.4, -0.2) is 18.5 Å². The first kappa shape index (κ1) is 20.2. The second-order valence-corrected chi connectivity index (χ2v) is 7.97. The van der Waals surface area contributed by atoms with E-state index in [1.54, 1.807) is 12.1 Å². The van der Waals surface area contributed by atoms with E-state index in [1.807, 2.05) is 66.7 Å². The maximum absolute atomic E-state index is 12.6. The van der Waals surface area contributed by atoms with Crippen molar-refractivity contribution in [2.75, 3.05) is 11.9 Å². The Hall–Kier alpha value is -3.11. The van der Waals surface area contributed by atoms with Crippen LogP contribution < -0.4 is 5.32 Å². The number of nitrogens with one attached hydrogen (secondary N) is 1. The molecule has 0 heterocycles. The van der Waals surface area contributed by atoms with Crippen LogP contribution >= 0.6 is 11.6 Å². The molecule has 0 unspecified atom stereocenters. The Morgan fingerprint density at radius 1 is 0.900 bits per heavy atom. The highest BCUT2D eigenvalue weighted by Crippen LogP contribution is 2.49. The molecule has 0 aliphatic heterocycles. The summed E-state index contributed by atoms with van der Waals surface area (Å²) in [6, 6.07) is 24.9. The summed E-state index contributed by atoms with van der Waals surface area (Å²) in [5.74, 6) is -0.715. The SMILES string of the molecule is O=C(COC(=O)C1(c2ccc(Cl)cc2)CC1)Nc1ccccc1Cc1ccccc1. The van der Waals surface area contributed by atoms with Gasteiger partial charge in [-0.2, -0.15) is 0 Å². The standard InChI is InChI=1S/C25H22ClNO3/c26-21-12-10-20(11-13-21)25(14-15-25)24(29)30-17-23(28)27-22-9-5-4-8-19(22)16-18-6-2-1-3-7-18/h1-13H,14-17H2,(H,27,28). The van der Waals surface area contributed by atoms with Crippen LogP contribution in [0.25, 0.3) is 0 Å². The van der Waals surface area contributed by atoms with Gasteiger partial charge >= 0.3 is 5.97 Å². The van der Waals surface area contributed by atoms with Crippen molar-refractivity contribution in [1.29, 1.82) is 0 Å². The lowest BCUT2D eigenvalue weighted by atomic mass is 9.96. The first-order chi connectivity index (χ1) is 14.6. The Bertz CT molecular complexity index is 1040. The van der Waals surface area contributed by atoms with Gasteiger partial charge in [-0.05, 0) is 54.2 Å². The molecule has 4 rings (SSSR count). The van der Waals surface area contributed by atoms with Crippen molar-refractivity contribution >= 4 is 29.2 Å². The molecule has 1 aliphatic rings. The van der Waals surface area contributed by atoms with Gasteiger partial charge in [-0.3, -0.25) is 9.59 Å². The summed E-state index contributed by atoms with van der Waals surface area (Å²) in [7, 11) is 0. The fourth-order valence-corrected chi connectivity index (χ4v) is 3.70. The molecule has 30 heavy (non-hydrogen) atoms. The average molecular weight is 420 g/mol. The van der Waals surface area contributed by atoms with Crippen LogP contribution in [0.15, 0.2) is 78.9 Å². The number of anilines is 1. The van der Waals surface area contributed by atoms with Crippen molar-refractivity contribution in [2.24, 2.45) is 0 Å². The molecule has 1 N–H and O–H groups in total. The lowest BCUT2D eigenvalue weighted by Crippen LogP contribution is -2.28. The van der Waals surface area contributed by atoms with E-state index in [1.165, 1.54) is 0 Å². The van der Waals surface area contributed by atoms with Gasteiger partial charge in [0, 0.05) is 10.7 Å². The Balaban J connectivity index is 1.36. The zero-order valence-corrected chi connectivity index (χ0v) is 17.2. The van der Waals surface area contributed by atoms with Crippen molar-refractivity contribution < 1.29 is 14.3 Å². The molecule has 0 saturated heterocycles. The summed E-state index contributed by atoms with van der Waals surface area (Å²) in [6.07, 6.45) is 2.14. The Morgan fingerprint density at radius 2 is 1.57 bits per heavy atom. The van der Waals surface area contributed by atoms with Gasteiger partial charge in [-0.15, -0.1) is 0 Å². The fourth-order valence-electron chi connectivity index (χ4n) is 3.57. The fraction of sp³-hybridized carbons (Fsp3) is 0.200. The number of hydrogen-bond acceptors (Lipinski definition) is 3. The van der Waals surface area contributed by atoms with Crippen LogP contribution in [-0.2, 0) is 26.2 Å². The van der Waals surface area contributed by atoms with Crippen molar-refractivity contribution in [1.82, 2.24) is 0 Å². The van der Waals surface area contributed by atoms with E-state index in [0.717, 1.165) is 35.2 Å². The summed E-state index contributed by atoms with van der Waals surface area (Å²) in [5, 5.41) is 3.49. The van der Waals surface area contributed by atoms with Gasteiger partial charge in [0.2, 0.25) is 0 Å². The van der Waals surface area contributed by atoms with Gasteiger partial charge in [0.1, 0.15) is 0 Å². The number of ether oxygens (including phenoxy) is 1. The summed E-state index contributed by atoms with van der Waals surface area (Å²) in [4.78, 5) is 25.1. The highest BCUT2D eigenvalue weighted by molar-refractivity contribution is 6.30. The number of hydrogen-bond donors (Lipinski definition) is 1. The third-order valence-electron chi connectivity index (χ3n) is 5.40. The highest BCUT2D eigenvalue weighted by Gasteiger charge is 2.52. The molecule has 4 nitrogen and oxygen atoms in total. The maximum Gasteiger partial charge on any atom is 0.317 e. The zero-order valence-electron chi connectivity index (χ0n) is 16.4. The topological polar surface area (TPSA) is 55.4 Å². The number of rotatable bonds is 7. The smallest absolute Gasteiger partial charge is 0.317 e. The minimum absolute atomic E-state index is 0.312. The van der Waals surface area contributed by atoms with Crippen molar-refractivity contribution in [3.05, 3.63) is 101 Å². The first-order valence-electron chi connectivity index (χ1n) is 9.92. The van der Waals surface area contributed by atoms with Gasteiger partial charge in [-0.1, -0.05) is 72.3 Å². The molecule has 0 bridgehead atoms. The number of halogens is 1. The summed E-state index contributed by atoms with van der Waals surface area (Å²) in [5.41, 5.74) is 3.12. The largest absolute Gasteiger partial charge is 0.455 e. The average Bonchev–Trinajstić information content (AvgIpc) is 3.57. The first-order valence-corrected chi connectivity index (χ1v) is 10.3. The zero-order chi connectivity index (χ0) is 21.0. The molecule has 152 valence electrons. The molecule has 0 aromatic heterocycles. The minimum Gasteiger partial charge on any atom is -0.455 e. The van der Waals surface area contributed by atoms with Crippen LogP contribution in [0.3, 0.4) is 0 Å². The molecule has 1 saturated carbocycles. The van der Waals surface area contributed by atoms with Crippen LogP contribution in [0, 0.1) is 0 Å². The lowest BCUT2D eigenvalue weighted by molar-refractivity contribution is -0.150. The molecule has 1 aliphatic carbocycles. The normalized spacial score (nSPS) is 14.0. The predicted molar refractivity (Wildman–Crippen MR) is 118 cm³/mol. The van der Waals surface area contributed by atoms with E-state index >= 15 is 0 Å². The number of esters is 1. The molecule has 1 amide bonds. The Kier molecular flexibility index (Phi) is 5.86. The lowest BCUT2D eigenvalue weighted by Gasteiger charge is -2.15. The minimum atomic E-state index is -0.643. The second kappa shape index (κ2) is 8.72. The van der Waals surface area contributed by atoms with Crippen LogP contribution in [0.5, 0.6) is 0 Å². The van der Waals surface area contributed by atoms with Crippen LogP contribution in [0.4, 0.5) is 5.69 Å². The monoisotopic (exact) mass is 419 g/mol. The summed E-state index contributed by atoms with van der Waals surface area (Å²) in [6.45, 7) is -0.312. The molecule has 3 aromatic carbocycles. The number of carbonyl (C=O) groups excluding carboxylic acids is 2. The van der Waals surface area contributed by atoms with Gasteiger partial charge in [0.05, 0.1) is 5.41 Å². The molecule has 0 atom stereocenters. The molecular formula is C25H22ClNO3. The number of carbonyl (C=O) groups is 2. The molecule has 0 radical (unpaired) electrons. The van der Waals surface area contributed by atoms with E-state index in [0.29, 0.717) is 11.4 Å².